The number of nitrogens with zero attached hydrogens (tertiary/aromatic N) is 1. The molecule has 21 heavy (non-hydrogen) atoms. The van der Waals surface area contributed by atoms with E-state index in [0.29, 0.717) is 16.8 Å². The fourth-order valence-electron chi connectivity index (χ4n) is 1.78. The Labute approximate surface area is 121 Å². The van der Waals surface area contributed by atoms with E-state index in [1.54, 1.807) is 42.5 Å². The number of ketones is 1. The lowest BCUT2D eigenvalue weighted by molar-refractivity contribution is 0.103. The standard InChI is InChI=1S/C14H15N5O2/c15-11-6-4-9(5-7-11)13(20)12-3-1-2-10(14(12)21)8-17-19-18-16/h1-8,18-19,21H,15-16H2. The van der Waals surface area contributed by atoms with E-state index in [1.807, 2.05) is 0 Å². The van der Waals surface area contributed by atoms with Crippen LogP contribution in [0.15, 0.2) is 47.6 Å². The van der Waals surface area contributed by atoms with Gasteiger partial charge >= 0.3 is 0 Å². The van der Waals surface area contributed by atoms with E-state index < -0.39 is 0 Å². The topological polar surface area (TPSA) is 126 Å². The number of aromatic hydroxyl groups is 1. The molecule has 0 atom stereocenters. The zero-order valence-electron chi connectivity index (χ0n) is 11.1. The Kier molecular flexibility index (Phi) is 4.50. The Morgan fingerprint density at radius 2 is 1.90 bits per heavy atom. The number of hydrazone groups is 1. The third-order valence-electron chi connectivity index (χ3n) is 2.82. The summed E-state index contributed by atoms with van der Waals surface area (Å²) in [7, 11) is 0. The summed E-state index contributed by atoms with van der Waals surface area (Å²) in [5, 5.41) is 13.9. The van der Waals surface area contributed by atoms with Gasteiger partial charge < -0.3 is 10.8 Å². The largest absolute Gasteiger partial charge is 0.506 e. The van der Waals surface area contributed by atoms with E-state index in [2.05, 4.69) is 16.2 Å². The van der Waals surface area contributed by atoms with E-state index in [1.165, 1.54) is 6.21 Å². The van der Waals surface area contributed by atoms with Crippen LogP contribution < -0.4 is 22.6 Å². The van der Waals surface area contributed by atoms with Crippen LogP contribution in [-0.2, 0) is 0 Å². The number of benzene rings is 2. The van der Waals surface area contributed by atoms with Crippen molar-refractivity contribution in [3.05, 3.63) is 59.2 Å². The summed E-state index contributed by atoms with van der Waals surface area (Å²) in [4.78, 5) is 12.4. The van der Waals surface area contributed by atoms with Crippen molar-refractivity contribution in [2.24, 2.45) is 10.9 Å². The van der Waals surface area contributed by atoms with Gasteiger partial charge in [0, 0.05) is 16.8 Å². The van der Waals surface area contributed by atoms with Gasteiger partial charge in [0.2, 0.25) is 0 Å². The highest BCUT2D eigenvalue weighted by molar-refractivity contribution is 6.11. The molecule has 0 saturated heterocycles. The molecule has 2 aromatic carbocycles. The number of rotatable bonds is 5. The number of phenolic OH excluding ortho intramolecular Hbond substituents is 1. The molecule has 7 N–H and O–H groups in total. The summed E-state index contributed by atoms with van der Waals surface area (Å²) in [5.41, 5.74) is 11.6. The van der Waals surface area contributed by atoms with E-state index in [9.17, 15) is 9.90 Å². The second-order valence-corrected chi connectivity index (χ2v) is 4.21. The fraction of sp³-hybridized carbons (Fsp3) is 0. The summed E-state index contributed by atoms with van der Waals surface area (Å²) in [6.45, 7) is 0. The Morgan fingerprint density at radius 3 is 2.57 bits per heavy atom. The molecule has 108 valence electrons. The third-order valence-corrected chi connectivity index (χ3v) is 2.82. The molecule has 0 aliphatic rings. The first-order valence-corrected chi connectivity index (χ1v) is 6.09. The lowest BCUT2D eigenvalue weighted by Crippen LogP contribution is -2.33. The molecule has 0 spiro atoms. The van der Waals surface area contributed by atoms with Crippen LogP contribution in [0.25, 0.3) is 0 Å². The van der Waals surface area contributed by atoms with Gasteiger partial charge in [-0.2, -0.15) is 10.6 Å². The van der Waals surface area contributed by atoms with Crippen LogP contribution in [0.1, 0.15) is 21.5 Å². The highest BCUT2D eigenvalue weighted by Crippen LogP contribution is 2.24. The summed E-state index contributed by atoms with van der Waals surface area (Å²) in [6.07, 6.45) is 1.34. The molecule has 7 nitrogen and oxygen atoms in total. The number of nitrogen functional groups attached to an aromatic ring is 1. The highest BCUT2D eigenvalue weighted by atomic mass is 16.3. The average molecular weight is 285 g/mol. The summed E-state index contributed by atoms with van der Waals surface area (Å²) in [5.74, 6) is 4.55. The SMILES string of the molecule is NNNN=Cc1cccc(C(=O)c2ccc(N)cc2)c1O. The Morgan fingerprint density at radius 1 is 1.19 bits per heavy atom. The second-order valence-electron chi connectivity index (χ2n) is 4.21. The molecule has 7 heteroatoms. The van der Waals surface area contributed by atoms with Crippen LogP contribution in [0.3, 0.4) is 0 Å². The predicted octanol–water partition coefficient (Wildman–Crippen LogP) is 0.507. The number of hydrogen-bond acceptors (Lipinski definition) is 7. The lowest BCUT2D eigenvalue weighted by Gasteiger charge is -2.07. The molecule has 0 bridgehead atoms. The normalized spacial score (nSPS) is 10.7. The van der Waals surface area contributed by atoms with Gasteiger partial charge in [-0.25, -0.2) is 5.53 Å². The number of hydrogen-bond donors (Lipinski definition) is 5. The minimum atomic E-state index is -0.298. The van der Waals surface area contributed by atoms with Crippen molar-refractivity contribution >= 4 is 17.7 Å². The van der Waals surface area contributed by atoms with E-state index in [-0.39, 0.29) is 17.1 Å². The number of anilines is 1. The number of hydrazine groups is 2. The molecule has 0 fully saturated rings. The van der Waals surface area contributed by atoms with Gasteiger partial charge in [-0.3, -0.25) is 10.6 Å². The number of carbonyl (C=O) groups excluding carboxylic acids is 1. The molecule has 0 unspecified atom stereocenters. The third kappa shape index (κ3) is 3.35. The van der Waals surface area contributed by atoms with Gasteiger partial charge in [0.05, 0.1) is 11.8 Å². The quantitative estimate of drug-likeness (QED) is 0.179. The van der Waals surface area contributed by atoms with Gasteiger partial charge in [-0.1, -0.05) is 6.07 Å². The maximum atomic E-state index is 12.4. The zero-order chi connectivity index (χ0) is 15.2. The maximum Gasteiger partial charge on any atom is 0.196 e. The Balaban J connectivity index is 2.33. The van der Waals surface area contributed by atoms with Crippen LogP contribution in [-0.4, -0.2) is 17.1 Å². The van der Waals surface area contributed by atoms with Gasteiger partial charge in [-0.15, -0.1) is 0 Å². The van der Waals surface area contributed by atoms with Crippen molar-refractivity contribution in [3.8, 4) is 5.75 Å². The molecular weight excluding hydrogens is 270 g/mol. The molecule has 0 radical (unpaired) electrons. The molecule has 0 aliphatic carbocycles. The fourth-order valence-corrected chi connectivity index (χ4v) is 1.78. The molecule has 0 saturated carbocycles. The number of phenols is 1. The zero-order valence-corrected chi connectivity index (χ0v) is 11.1. The number of carbonyl (C=O) groups is 1. The molecule has 2 rings (SSSR count). The molecule has 0 aliphatic heterocycles. The summed E-state index contributed by atoms with van der Waals surface area (Å²) < 4.78 is 0. The average Bonchev–Trinajstić information content (AvgIpc) is 2.49. The van der Waals surface area contributed by atoms with Crippen molar-refractivity contribution < 1.29 is 9.90 Å². The second kappa shape index (κ2) is 6.51. The van der Waals surface area contributed by atoms with Crippen molar-refractivity contribution in [2.45, 2.75) is 0 Å². The van der Waals surface area contributed by atoms with E-state index >= 15 is 0 Å². The summed E-state index contributed by atoms with van der Waals surface area (Å²) >= 11 is 0. The monoisotopic (exact) mass is 285 g/mol. The molecule has 0 aromatic heterocycles. The van der Waals surface area contributed by atoms with Gasteiger partial charge in [0.15, 0.2) is 5.78 Å². The molecular formula is C14H15N5O2. The number of para-hydroxylation sites is 1. The van der Waals surface area contributed by atoms with Crippen molar-refractivity contribution in [2.75, 3.05) is 5.73 Å². The van der Waals surface area contributed by atoms with Crippen LogP contribution >= 0.6 is 0 Å². The first-order valence-electron chi connectivity index (χ1n) is 6.09. The minimum Gasteiger partial charge on any atom is -0.506 e. The van der Waals surface area contributed by atoms with Crippen molar-refractivity contribution in [1.82, 2.24) is 11.1 Å². The minimum absolute atomic E-state index is 0.151. The smallest absolute Gasteiger partial charge is 0.196 e. The van der Waals surface area contributed by atoms with Crippen molar-refractivity contribution in [3.63, 3.8) is 0 Å². The molecule has 2 aromatic rings. The molecule has 0 heterocycles. The highest BCUT2D eigenvalue weighted by Gasteiger charge is 2.15. The van der Waals surface area contributed by atoms with Gasteiger partial charge in [0.1, 0.15) is 5.75 Å². The first-order chi connectivity index (χ1) is 10.1. The molecule has 0 amide bonds. The van der Waals surface area contributed by atoms with Crippen molar-refractivity contribution in [1.29, 1.82) is 0 Å². The summed E-state index contributed by atoms with van der Waals surface area (Å²) in [6, 6.07) is 11.3. The lowest BCUT2D eigenvalue weighted by atomic mass is 10.00. The van der Waals surface area contributed by atoms with Crippen LogP contribution in [0, 0.1) is 0 Å². The predicted molar refractivity (Wildman–Crippen MR) is 80.4 cm³/mol. The van der Waals surface area contributed by atoms with Crippen LogP contribution in [0.4, 0.5) is 5.69 Å². The van der Waals surface area contributed by atoms with Crippen LogP contribution in [0.5, 0.6) is 5.75 Å². The Hall–Kier alpha value is -2.90. The number of nitrogens with one attached hydrogen (secondary N) is 2. The van der Waals surface area contributed by atoms with Crippen LogP contribution in [0.2, 0.25) is 0 Å². The van der Waals surface area contributed by atoms with Gasteiger partial charge in [0.25, 0.3) is 0 Å². The first kappa shape index (κ1) is 14.5. The van der Waals surface area contributed by atoms with Gasteiger partial charge in [-0.05, 0) is 36.4 Å². The maximum absolute atomic E-state index is 12.4. The number of nitrogens with two attached hydrogens (primary N) is 2. The van der Waals surface area contributed by atoms with E-state index in [4.69, 9.17) is 11.6 Å². The Bertz CT molecular complexity index is 668. The van der Waals surface area contributed by atoms with E-state index in [0.717, 1.165) is 0 Å².